The second-order valence-corrected chi connectivity index (χ2v) is 12.0. The van der Waals surface area contributed by atoms with Crippen molar-refractivity contribution in [2.75, 3.05) is 18.4 Å². The van der Waals surface area contributed by atoms with Crippen molar-refractivity contribution in [1.29, 1.82) is 0 Å². The summed E-state index contributed by atoms with van der Waals surface area (Å²) >= 11 is 0. The number of anilines is 1. The van der Waals surface area contributed by atoms with Gasteiger partial charge in [0.2, 0.25) is 5.91 Å². The van der Waals surface area contributed by atoms with Gasteiger partial charge in [0.05, 0.1) is 17.5 Å². The first kappa shape index (κ1) is 30.7. The number of nitrogens with zero attached hydrogens (tertiary/aromatic N) is 2. The average molecular weight is 596 g/mol. The molecule has 3 unspecified atom stereocenters. The fraction of sp³-hybridized carbons (Fsp3) is 0.412. The Morgan fingerprint density at radius 3 is 2.33 bits per heavy atom. The predicted molar refractivity (Wildman–Crippen MR) is 158 cm³/mol. The lowest BCUT2D eigenvalue weighted by Crippen LogP contribution is -2.46. The van der Waals surface area contributed by atoms with Crippen molar-refractivity contribution in [1.82, 2.24) is 9.80 Å². The van der Waals surface area contributed by atoms with E-state index >= 15 is 0 Å². The van der Waals surface area contributed by atoms with Crippen LogP contribution in [0.15, 0.2) is 66.7 Å². The van der Waals surface area contributed by atoms with Crippen LogP contribution in [0.4, 0.5) is 23.2 Å². The van der Waals surface area contributed by atoms with Crippen LogP contribution in [0.25, 0.3) is 0 Å². The fourth-order valence-corrected chi connectivity index (χ4v) is 6.53. The highest BCUT2D eigenvalue weighted by Crippen LogP contribution is 2.40. The van der Waals surface area contributed by atoms with E-state index in [-0.39, 0.29) is 30.4 Å². The normalized spacial score (nSPS) is 22.9. The Morgan fingerprint density at radius 1 is 0.977 bits per heavy atom. The number of piperidine rings is 1. The first-order valence-corrected chi connectivity index (χ1v) is 14.8. The summed E-state index contributed by atoms with van der Waals surface area (Å²) in [5.74, 6) is -2.03. The zero-order valence-electron chi connectivity index (χ0n) is 24.6. The Labute approximate surface area is 249 Å². The molecule has 4 atom stereocenters. The zero-order valence-corrected chi connectivity index (χ0v) is 24.6. The van der Waals surface area contributed by atoms with Gasteiger partial charge in [0.15, 0.2) is 0 Å². The molecule has 0 aromatic heterocycles. The number of hydrogen-bond donors (Lipinski definition) is 1. The van der Waals surface area contributed by atoms with Crippen LogP contribution in [0.5, 0.6) is 0 Å². The van der Waals surface area contributed by atoms with E-state index in [9.17, 15) is 27.2 Å². The number of amides is 2. The van der Waals surface area contributed by atoms with Gasteiger partial charge >= 0.3 is 6.18 Å². The van der Waals surface area contributed by atoms with Crippen LogP contribution in [0.1, 0.15) is 64.8 Å². The van der Waals surface area contributed by atoms with Gasteiger partial charge in [0, 0.05) is 25.3 Å². The minimum absolute atomic E-state index is 0.0231. The number of halogens is 4. The van der Waals surface area contributed by atoms with Gasteiger partial charge in [0.25, 0.3) is 5.91 Å². The monoisotopic (exact) mass is 595 g/mol. The molecule has 5 rings (SSSR count). The molecule has 3 aromatic carbocycles. The van der Waals surface area contributed by atoms with Crippen LogP contribution in [0.3, 0.4) is 0 Å². The summed E-state index contributed by atoms with van der Waals surface area (Å²) in [6, 6.07) is 16.9. The molecule has 3 aromatic rings. The van der Waals surface area contributed by atoms with E-state index in [0.717, 1.165) is 5.56 Å². The molecule has 0 radical (unpaired) electrons. The van der Waals surface area contributed by atoms with Gasteiger partial charge in [-0.15, -0.1) is 0 Å². The van der Waals surface area contributed by atoms with E-state index in [0.29, 0.717) is 48.3 Å². The number of benzene rings is 3. The Balaban J connectivity index is 1.46. The minimum atomic E-state index is -4.30. The molecule has 228 valence electrons. The third-order valence-electron chi connectivity index (χ3n) is 8.68. The number of rotatable bonds is 6. The molecule has 0 saturated carbocycles. The molecule has 2 aliphatic rings. The quantitative estimate of drug-likeness (QED) is 0.301. The van der Waals surface area contributed by atoms with Crippen molar-refractivity contribution >= 4 is 17.5 Å². The van der Waals surface area contributed by atoms with E-state index in [1.54, 1.807) is 48.2 Å². The number of hydrogen-bond acceptors (Lipinski definition) is 3. The van der Waals surface area contributed by atoms with Crippen molar-refractivity contribution in [2.24, 2.45) is 11.8 Å². The van der Waals surface area contributed by atoms with Crippen LogP contribution in [-0.4, -0.2) is 46.9 Å². The highest BCUT2D eigenvalue weighted by molar-refractivity contribution is 5.98. The molecule has 0 aliphatic carbocycles. The zero-order chi connectivity index (χ0) is 30.9. The molecule has 0 bridgehead atoms. The second-order valence-electron chi connectivity index (χ2n) is 12.0. The van der Waals surface area contributed by atoms with Gasteiger partial charge in [-0.1, -0.05) is 61.0 Å². The van der Waals surface area contributed by atoms with Crippen LogP contribution in [0.2, 0.25) is 0 Å². The smallest absolute Gasteiger partial charge is 0.331 e. The van der Waals surface area contributed by atoms with Crippen LogP contribution >= 0.6 is 0 Å². The molecule has 43 heavy (non-hydrogen) atoms. The van der Waals surface area contributed by atoms with Crippen molar-refractivity contribution in [2.45, 2.75) is 64.8 Å². The molecule has 5 nitrogen and oxygen atoms in total. The highest BCUT2D eigenvalue weighted by atomic mass is 19.4. The summed E-state index contributed by atoms with van der Waals surface area (Å²) in [6.07, 6.45) is -3.14. The van der Waals surface area contributed by atoms with Crippen molar-refractivity contribution in [3.63, 3.8) is 0 Å². The first-order valence-electron chi connectivity index (χ1n) is 14.8. The lowest BCUT2D eigenvalue weighted by Gasteiger charge is -2.41. The SMILES string of the molecule is Cc1ccc(NC(=O)C2CCCN(C(=O)c3c(C)cccc3F)C2c2ccc(CN3C[C@H](C)CC3C(F)(F)F)cc2)cc1. The number of alkyl halides is 3. The maximum Gasteiger partial charge on any atom is 0.404 e. The topological polar surface area (TPSA) is 52.7 Å². The van der Waals surface area contributed by atoms with E-state index in [1.165, 1.54) is 11.0 Å². The molecule has 2 fully saturated rings. The van der Waals surface area contributed by atoms with Crippen molar-refractivity contribution < 1.29 is 27.2 Å². The number of likely N-dealkylation sites (tertiary alicyclic amines) is 2. The number of carbonyl (C=O) groups excluding carboxylic acids is 2. The molecule has 2 heterocycles. The summed E-state index contributed by atoms with van der Waals surface area (Å²) in [5.41, 5.74) is 3.56. The maximum atomic E-state index is 14.9. The first-order chi connectivity index (χ1) is 20.4. The van der Waals surface area contributed by atoms with Crippen molar-refractivity contribution in [3.8, 4) is 0 Å². The molecule has 2 amide bonds. The number of nitrogens with one attached hydrogen (secondary N) is 1. The Hall–Kier alpha value is -3.72. The fourth-order valence-electron chi connectivity index (χ4n) is 6.53. The molecular formula is C34H37F4N3O2. The molecule has 9 heteroatoms. The molecule has 0 spiro atoms. The Kier molecular flexibility index (Phi) is 8.92. The Morgan fingerprint density at radius 2 is 1.67 bits per heavy atom. The van der Waals surface area contributed by atoms with Gasteiger partial charge in [-0.25, -0.2) is 4.39 Å². The maximum absolute atomic E-state index is 14.9. The van der Waals surface area contributed by atoms with E-state index in [2.05, 4.69) is 5.32 Å². The van der Waals surface area contributed by atoms with Crippen LogP contribution in [-0.2, 0) is 11.3 Å². The predicted octanol–water partition coefficient (Wildman–Crippen LogP) is 7.45. The van der Waals surface area contributed by atoms with Crippen molar-refractivity contribution in [3.05, 3.63) is 100 Å². The number of carbonyl (C=O) groups is 2. The third kappa shape index (κ3) is 6.77. The van der Waals surface area contributed by atoms with Gasteiger partial charge in [0.1, 0.15) is 11.9 Å². The standard InChI is InChI=1S/C34H37F4N3O2/c1-21-9-15-26(16-10-21)39-32(42)27-7-5-17-41(33(43)30-23(3)6-4-8-28(30)35)31(27)25-13-11-24(12-14-25)20-40-19-22(2)18-29(40)34(36,37)38/h4,6,8-16,22,27,29,31H,5,7,17-20H2,1-3H3,(H,39,42)/t22-,27?,29?,31?/m1/s1. The highest BCUT2D eigenvalue weighted by Gasteiger charge is 2.48. The van der Waals surface area contributed by atoms with Gasteiger partial charge < -0.3 is 10.2 Å². The van der Waals surface area contributed by atoms with E-state index in [4.69, 9.17) is 0 Å². The third-order valence-corrected chi connectivity index (χ3v) is 8.68. The average Bonchev–Trinajstić information content (AvgIpc) is 3.34. The van der Waals surface area contributed by atoms with Crippen LogP contribution < -0.4 is 5.32 Å². The summed E-state index contributed by atoms with van der Waals surface area (Å²) in [6.45, 7) is 6.31. The summed E-state index contributed by atoms with van der Waals surface area (Å²) in [5, 5.41) is 2.98. The minimum Gasteiger partial charge on any atom is -0.331 e. The summed E-state index contributed by atoms with van der Waals surface area (Å²) in [7, 11) is 0. The summed E-state index contributed by atoms with van der Waals surface area (Å²) in [4.78, 5) is 30.6. The molecule has 2 saturated heterocycles. The lowest BCUT2D eigenvalue weighted by molar-refractivity contribution is -0.177. The largest absolute Gasteiger partial charge is 0.404 e. The van der Waals surface area contributed by atoms with Gasteiger partial charge in [-0.05, 0) is 73.9 Å². The Bertz CT molecular complexity index is 1440. The second kappa shape index (κ2) is 12.5. The molecular weight excluding hydrogens is 558 g/mol. The summed E-state index contributed by atoms with van der Waals surface area (Å²) < 4.78 is 55.9. The number of aryl methyl sites for hydroxylation is 2. The van der Waals surface area contributed by atoms with E-state index < -0.39 is 35.9 Å². The van der Waals surface area contributed by atoms with Gasteiger partial charge in [-0.3, -0.25) is 14.5 Å². The van der Waals surface area contributed by atoms with Crippen LogP contribution in [0, 0.1) is 31.5 Å². The van der Waals surface area contributed by atoms with E-state index in [1.807, 2.05) is 38.1 Å². The molecule has 1 N–H and O–H groups in total. The van der Waals surface area contributed by atoms with Gasteiger partial charge in [-0.2, -0.15) is 13.2 Å². The lowest BCUT2D eigenvalue weighted by atomic mass is 9.83. The molecule has 2 aliphatic heterocycles.